The van der Waals surface area contributed by atoms with Crippen molar-refractivity contribution in [1.82, 2.24) is 4.90 Å². The minimum Gasteiger partial charge on any atom is -0.459 e. The lowest BCUT2D eigenvalue weighted by Gasteiger charge is -2.42. The smallest absolute Gasteiger partial charge is 0.411 e. The highest BCUT2D eigenvalue weighted by atomic mass is 16.6. The normalized spacial score (nSPS) is 31.7. The highest BCUT2D eigenvalue weighted by Crippen LogP contribution is 2.43. The molecule has 3 aliphatic heterocycles. The topological polar surface area (TPSA) is 82.1 Å². The number of hydrogen-bond donors (Lipinski definition) is 0. The summed E-state index contributed by atoms with van der Waals surface area (Å²) >= 11 is 0. The second-order valence-electron chi connectivity index (χ2n) is 6.68. The van der Waals surface area contributed by atoms with Crippen LogP contribution in [0.2, 0.25) is 0 Å². The average molecular weight is 369 g/mol. The summed E-state index contributed by atoms with van der Waals surface area (Å²) in [6.07, 6.45) is 3.57. The minimum atomic E-state index is -1.67. The van der Waals surface area contributed by atoms with Crippen LogP contribution in [-0.2, 0) is 23.8 Å². The molecule has 3 aliphatic rings. The number of carbonyl (C=O) groups is 3. The van der Waals surface area contributed by atoms with E-state index in [9.17, 15) is 14.4 Å². The standard InChI is InChI=1S/C20H19NO6/c1-2-10-25-18(23)20-9-8-14(27-20)11-16(22)17(20)21-15(12-26-19(21)24)13-6-4-3-5-7-13/h2-9,14-15,17H,1,10-12H2/t14-,15-,17+,20+/m0/s1. The van der Waals surface area contributed by atoms with Crippen molar-refractivity contribution >= 4 is 17.8 Å². The van der Waals surface area contributed by atoms with E-state index in [4.69, 9.17) is 14.2 Å². The lowest BCUT2D eigenvalue weighted by Crippen LogP contribution is -2.64. The Morgan fingerprint density at radius 1 is 1.33 bits per heavy atom. The van der Waals surface area contributed by atoms with E-state index >= 15 is 0 Å². The van der Waals surface area contributed by atoms with E-state index in [1.54, 1.807) is 6.08 Å². The van der Waals surface area contributed by atoms with Crippen LogP contribution >= 0.6 is 0 Å². The maximum atomic E-state index is 13.0. The SMILES string of the molecule is C=CCOC(=O)[C@@]12C=C[C@@H](CC(=O)[C@H]1N1C(=O)OC[C@H]1c1ccccc1)O2. The number of carbonyl (C=O) groups excluding carboxylic acids is 3. The Bertz CT molecular complexity index is 819. The number of esters is 1. The van der Waals surface area contributed by atoms with Crippen molar-refractivity contribution in [3.8, 4) is 0 Å². The third kappa shape index (κ3) is 2.75. The zero-order chi connectivity index (χ0) is 19.0. The largest absolute Gasteiger partial charge is 0.459 e. The van der Waals surface area contributed by atoms with Crippen molar-refractivity contribution in [3.05, 3.63) is 60.7 Å². The van der Waals surface area contributed by atoms with Gasteiger partial charge in [-0.2, -0.15) is 0 Å². The fraction of sp³-hybridized carbons (Fsp3) is 0.350. The van der Waals surface area contributed by atoms with Gasteiger partial charge in [-0.25, -0.2) is 9.59 Å². The molecular formula is C20H19NO6. The van der Waals surface area contributed by atoms with E-state index in [0.29, 0.717) is 0 Å². The van der Waals surface area contributed by atoms with E-state index in [1.165, 1.54) is 17.1 Å². The van der Waals surface area contributed by atoms with Crippen molar-refractivity contribution in [3.63, 3.8) is 0 Å². The molecule has 0 radical (unpaired) electrons. The summed E-state index contributed by atoms with van der Waals surface area (Å²) in [6, 6.07) is 7.60. The molecule has 1 amide bonds. The molecule has 0 aliphatic carbocycles. The van der Waals surface area contributed by atoms with Crippen molar-refractivity contribution in [1.29, 1.82) is 0 Å². The number of Topliss-reactive ketones (excluding diaryl/α,β-unsaturated/α-hetero) is 1. The summed E-state index contributed by atoms with van der Waals surface area (Å²) in [6.45, 7) is 3.60. The Kier molecular flexibility index (Phi) is 4.31. The van der Waals surface area contributed by atoms with Gasteiger partial charge in [-0.05, 0) is 11.6 Å². The number of nitrogens with zero attached hydrogens (tertiary/aromatic N) is 1. The maximum Gasteiger partial charge on any atom is 0.411 e. The summed E-state index contributed by atoms with van der Waals surface area (Å²) < 4.78 is 16.3. The molecule has 0 N–H and O–H groups in total. The first-order valence-corrected chi connectivity index (χ1v) is 8.75. The summed E-state index contributed by atoms with van der Waals surface area (Å²) in [5.74, 6) is -0.975. The van der Waals surface area contributed by atoms with Crippen LogP contribution in [0.4, 0.5) is 4.79 Å². The number of cyclic esters (lactones) is 1. The van der Waals surface area contributed by atoms with E-state index in [2.05, 4.69) is 6.58 Å². The van der Waals surface area contributed by atoms with Crippen LogP contribution in [0.15, 0.2) is 55.1 Å². The van der Waals surface area contributed by atoms with Crippen LogP contribution in [0.25, 0.3) is 0 Å². The number of fused-ring (bicyclic) bond motifs is 2. The van der Waals surface area contributed by atoms with E-state index in [0.717, 1.165) is 5.56 Å². The Morgan fingerprint density at radius 2 is 2.11 bits per heavy atom. The number of benzene rings is 1. The Hall–Kier alpha value is -2.93. The quantitative estimate of drug-likeness (QED) is 0.583. The molecular weight excluding hydrogens is 350 g/mol. The molecule has 2 saturated heterocycles. The molecule has 2 fully saturated rings. The first-order chi connectivity index (χ1) is 13.1. The highest BCUT2D eigenvalue weighted by Gasteiger charge is 2.62. The van der Waals surface area contributed by atoms with Crippen LogP contribution in [0.5, 0.6) is 0 Å². The Labute approximate surface area is 156 Å². The van der Waals surface area contributed by atoms with Crippen LogP contribution in [-0.4, -0.2) is 53.7 Å². The molecule has 4 atom stereocenters. The third-order valence-electron chi connectivity index (χ3n) is 5.04. The van der Waals surface area contributed by atoms with Crippen molar-refractivity contribution < 1.29 is 28.6 Å². The number of rotatable bonds is 5. The molecule has 1 aromatic carbocycles. The van der Waals surface area contributed by atoms with Gasteiger partial charge < -0.3 is 14.2 Å². The van der Waals surface area contributed by atoms with Gasteiger partial charge in [0.25, 0.3) is 0 Å². The van der Waals surface area contributed by atoms with Crippen LogP contribution in [0.1, 0.15) is 18.0 Å². The fourth-order valence-corrected chi connectivity index (χ4v) is 3.88. The lowest BCUT2D eigenvalue weighted by molar-refractivity contribution is -0.184. The summed E-state index contributed by atoms with van der Waals surface area (Å²) in [5.41, 5.74) is -0.853. The van der Waals surface area contributed by atoms with E-state index in [1.807, 2.05) is 30.3 Å². The van der Waals surface area contributed by atoms with Crippen LogP contribution in [0, 0.1) is 0 Å². The third-order valence-corrected chi connectivity index (χ3v) is 5.04. The predicted octanol–water partition coefficient (Wildman–Crippen LogP) is 1.94. The zero-order valence-electron chi connectivity index (χ0n) is 14.6. The molecule has 27 heavy (non-hydrogen) atoms. The molecule has 0 saturated carbocycles. The Morgan fingerprint density at radius 3 is 2.85 bits per heavy atom. The zero-order valence-corrected chi connectivity index (χ0v) is 14.6. The molecule has 3 heterocycles. The second kappa shape index (κ2) is 6.66. The lowest BCUT2D eigenvalue weighted by atomic mass is 9.86. The molecule has 1 aromatic rings. The average Bonchev–Trinajstić information content (AvgIpc) is 3.23. The summed E-state index contributed by atoms with van der Waals surface area (Å²) in [4.78, 5) is 39.7. The fourth-order valence-electron chi connectivity index (χ4n) is 3.88. The molecule has 140 valence electrons. The molecule has 0 spiro atoms. The van der Waals surface area contributed by atoms with Crippen LogP contribution < -0.4 is 0 Å². The van der Waals surface area contributed by atoms with Gasteiger partial charge in [0.05, 0.1) is 12.1 Å². The van der Waals surface area contributed by atoms with Gasteiger partial charge in [-0.1, -0.05) is 49.1 Å². The first-order valence-electron chi connectivity index (χ1n) is 8.75. The molecule has 7 nitrogen and oxygen atoms in total. The van der Waals surface area contributed by atoms with Gasteiger partial charge in [0.15, 0.2) is 5.78 Å². The van der Waals surface area contributed by atoms with Gasteiger partial charge in [0.2, 0.25) is 5.60 Å². The molecule has 0 aromatic heterocycles. The van der Waals surface area contributed by atoms with Crippen molar-refractivity contribution in [2.45, 2.75) is 30.2 Å². The van der Waals surface area contributed by atoms with Gasteiger partial charge in [-0.15, -0.1) is 0 Å². The summed E-state index contributed by atoms with van der Waals surface area (Å²) in [5, 5.41) is 0. The first kappa shape index (κ1) is 17.5. The Balaban J connectivity index is 1.75. The molecule has 4 rings (SSSR count). The van der Waals surface area contributed by atoms with Crippen LogP contribution in [0.3, 0.4) is 0 Å². The molecule has 0 unspecified atom stereocenters. The number of hydrogen-bond acceptors (Lipinski definition) is 6. The second-order valence-corrected chi connectivity index (χ2v) is 6.68. The van der Waals surface area contributed by atoms with Crippen molar-refractivity contribution in [2.75, 3.05) is 13.2 Å². The minimum absolute atomic E-state index is 0.0179. The molecule has 2 bridgehead atoms. The highest BCUT2D eigenvalue weighted by molar-refractivity contribution is 6.00. The van der Waals surface area contributed by atoms with Gasteiger partial charge in [-0.3, -0.25) is 9.69 Å². The van der Waals surface area contributed by atoms with E-state index < -0.39 is 35.9 Å². The number of ketones is 1. The monoisotopic (exact) mass is 369 g/mol. The number of amides is 1. The van der Waals surface area contributed by atoms with Gasteiger partial charge in [0.1, 0.15) is 19.3 Å². The van der Waals surface area contributed by atoms with Gasteiger partial charge in [0, 0.05) is 6.42 Å². The maximum absolute atomic E-state index is 13.0. The number of ether oxygens (including phenoxy) is 3. The van der Waals surface area contributed by atoms with Gasteiger partial charge >= 0.3 is 12.1 Å². The van der Waals surface area contributed by atoms with E-state index in [-0.39, 0.29) is 25.4 Å². The molecule has 7 heteroatoms. The predicted molar refractivity (Wildman–Crippen MR) is 93.7 cm³/mol. The summed E-state index contributed by atoms with van der Waals surface area (Å²) in [7, 11) is 0. The van der Waals surface area contributed by atoms with Crippen molar-refractivity contribution in [2.24, 2.45) is 0 Å².